The molecular formula is C32H45N3O6. The molecule has 0 aliphatic carbocycles. The van der Waals surface area contributed by atoms with Gasteiger partial charge < -0.3 is 19.5 Å². The normalized spacial score (nSPS) is 10.8. The lowest BCUT2D eigenvalue weighted by atomic mass is 10.1. The predicted octanol–water partition coefficient (Wildman–Crippen LogP) is 6.19. The van der Waals surface area contributed by atoms with Crippen LogP contribution < -0.4 is 25.0 Å². The Morgan fingerprint density at radius 1 is 0.756 bits per heavy atom. The van der Waals surface area contributed by atoms with Gasteiger partial charge in [-0.2, -0.15) is 5.10 Å². The number of carbonyl (C=O) groups is 3. The average molecular weight is 568 g/mol. The highest BCUT2D eigenvalue weighted by atomic mass is 16.5. The number of rotatable bonds is 20. The van der Waals surface area contributed by atoms with E-state index in [0.717, 1.165) is 19.3 Å². The molecule has 2 N–H and O–H groups in total. The summed E-state index contributed by atoms with van der Waals surface area (Å²) in [6.45, 7) is 2.11. The minimum Gasteiger partial charge on any atom is -0.493 e. The van der Waals surface area contributed by atoms with Crippen molar-refractivity contribution >= 4 is 24.0 Å². The Balaban J connectivity index is 1.59. The molecule has 0 bridgehead atoms. The van der Waals surface area contributed by atoms with Gasteiger partial charge in [0.25, 0.3) is 5.91 Å². The highest BCUT2D eigenvalue weighted by Gasteiger charge is 2.13. The average Bonchev–Trinajstić information content (AvgIpc) is 2.99. The van der Waals surface area contributed by atoms with Crippen LogP contribution in [-0.2, 0) is 9.59 Å². The van der Waals surface area contributed by atoms with E-state index in [0.29, 0.717) is 34.8 Å². The summed E-state index contributed by atoms with van der Waals surface area (Å²) in [6, 6.07) is 11.4. The van der Waals surface area contributed by atoms with E-state index in [1.807, 2.05) is 0 Å². The molecule has 0 aliphatic heterocycles. The minimum atomic E-state index is -0.537. The maximum atomic E-state index is 12.5. The number of hydrazone groups is 1. The number of ether oxygens (including phenoxy) is 3. The quantitative estimate of drug-likeness (QED) is 0.0648. The van der Waals surface area contributed by atoms with Gasteiger partial charge in [-0.25, -0.2) is 10.2 Å². The first-order valence-corrected chi connectivity index (χ1v) is 14.6. The zero-order valence-electron chi connectivity index (χ0n) is 24.7. The molecule has 0 atom stereocenters. The summed E-state index contributed by atoms with van der Waals surface area (Å²) in [5.41, 5.74) is 3.41. The van der Waals surface area contributed by atoms with Gasteiger partial charge in [0.15, 0.2) is 11.5 Å². The summed E-state index contributed by atoms with van der Waals surface area (Å²) in [4.78, 5) is 36.4. The van der Waals surface area contributed by atoms with Crippen molar-refractivity contribution in [2.45, 2.75) is 84.0 Å². The number of nitrogens with one attached hydrogen (secondary N) is 2. The molecule has 0 spiro atoms. The molecule has 41 heavy (non-hydrogen) atoms. The van der Waals surface area contributed by atoms with Gasteiger partial charge in [-0.3, -0.25) is 9.59 Å². The number of hydrogen-bond donors (Lipinski definition) is 2. The summed E-state index contributed by atoms with van der Waals surface area (Å²) >= 11 is 0. The van der Waals surface area contributed by atoms with Gasteiger partial charge in [0.2, 0.25) is 5.91 Å². The smallest absolute Gasteiger partial charge is 0.343 e. The number of benzene rings is 2. The first kappa shape index (κ1) is 33.3. The largest absolute Gasteiger partial charge is 0.493 e. The van der Waals surface area contributed by atoms with Crippen molar-refractivity contribution in [3.05, 3.63) is 53.6 Å². The van der Waals surface area contributed by atoms with Crippen molar-refractivity contribution in [3.63, 3.8) is 0 Å². The summed E-state index contributed by atoms with van der Waals surface area (Å²) in [5, 5.41) is 6.55. The Hall–Kier alpha value is -3.88. The van der Waals surface area contributed by atoms with E-state index in [4.69, 9.17) is 14.2 Å². The van der Waals surface area contributed by atoms with Crippen LogP contribution in [0.4, 0.5) is 0 Å². The number of carbonyl (C=O) groups excluding carboxylic acids is 3. The predicted molar refractivity (Wildman–Crippen MR) is 161 cm³/mol. The van der Waals surface area contributed by atoms with Crippen LogP contribution in [0.1, 0.15) is 99.9 Å². The van der Waals surface area contributed by atoms with Crippen molar-refractivity contribution in [3.8, 4) is 17.2 Å². The van der Waals surface area contributed by atoms with Crippen molar-refractivity contribution in [2.24, 2.45) is 5.10 Å². The number of unbranched alkanes of at least 4 members (excludes halogenated alkanes) is 10. The maximum absolute atomic E-state index is 12.5. The zero-order valence-corrected chi connectivity index (χ0v) is 24.7. The highest BCUT2D eigenvalue weighted by Crippen LogP contribution is 2.28. The summed E-state index contributed by atoms with van der Waals surface area (Å²) in [5.74, 6) is 0.227. The Labute approximate surface area is 244 Å². The fourth-order valence-corrected chi connectivity index (χ4v) is 4.19. The second-order valence-corrected chi connectivity index (χ2v) is 9.88. The SMILES string of the molecule is CCCCCCCCCCCCCC(=O)NCC(=O)N/N=C/c1ccc(OC(=O)c2ccc(OC)c(OC)c2)cc1. The molecular weight excluding hydrogens is 522 g/mol. The monoisotopic (exact) mass is 567 g/mol. The van der Waals surface area contributed by atoms with Crippen LogP contribution in [0.3, 0.4) is 0 Å². The van der Waals surface area contributed by atoms with Gasteiger partial charge in [-0.15, -0.1) is 0 Å². The van der Waals surface area contributed by atoms with E-state index in [1.165, 1.54) is 71.8 Å². The second kappa shape index (κ2) is 20.1. The molecule has 224 valence electrons. The van der Waals surface area contributed by atoms with E-state index < -0.39 is 11.9 Å². The third-order valence-corrected chi connectivity index (χ3v) is 6.57. The fourth-order valence-electron chi connectivity index (χ4n) is 4.19. The van der Waals surface area contributed by atoms with Crippen LogP contribution in [-0.4, -0.2) is 44.8 Å². The van der Waals surface area contributed by atoms with E-state index >= 15 is 0 Å². The maximum Gasteiger partial charge on any atom is 0.343 e. The molecule has 2 rings (SSSR count). The van der Waals surface area contributed by atoms with Crippen LogP contribution in [0.15, 0.2) is 47.6 Å². The molecule has 2 aromatic rings. The third-order valence-electron chi connectivity index (χ3n) is 6.57. The molecule has 0 heterocycles. The van der Waals surface area contributed by atoms with E-state index in [-0.39, 0.29) is 12.5 Å². The Morgan fingerprint density at radius 2 is 1.37 bits per heavy atom. The lowest BCUT2D eigenvalue weighted by Crippen LogP contribution is -2.34. The van der Waals surface area contributed by atoms with Crippen LogP contribution in [0, 0.1) is 0 Å². The number of methoxy groups -OCH3 is 2. The lowest BCUT2D eigenvalue weighted by Gasteiger charge is -2.09. The molecule has 0 saturated heterocycles. The molecule has 9 nitrogen and oxygen atoms in total. The van der Waals surface area contributed by atoms with E-state index in [2.05, 4.69) is 22.8 Å². The fraction of sp³-hybridized carbons (Fsp3) is 0.500. The highest BCUT2D eigenvalue weighted by molar-refractivity contribution is 5.92. The second-order valence-electron chi connectivity index (χ2n) is 9.88. The molecule has 0 fully saturated rings. The molecule has 0 unspecified atom stereocenters. The molecule has 2 aromatic carbocycles. The van der Waals surface area contributed by atoms with Crippen LogP contribution in [0.25, 0.3) is 0 Å². The molecule has 0 aliphatic rings. The Morgan fingerprint density at radius 3 is 1.98 bits per heavy atom. The third kappa shape index (κ3) is 13.8. The van der Waals surface area contributed by atoms with Gasteiger partial charge in [-0.1, -0.05) is 71.1 Å². The Bertz CT molecular complexity index is 1100. The standard InChI is InChI=1S/C32H45N3O6/c1-4-5-6-7-8-9-10-11-12-13-14-15-30(36)33-24-31(37)35-34-23-25-16-19-27(20-17-25)41-32(38)26-18-21-28(39-2)29(22-26)40-3/h16-23H,4-15,24H2,1-3H3,(H,33,36)(H,35,37)/b34-23+. The van der Waals surface area contributed by atoms with Crippen LogP contribution in [0.5, 0.6) is 17.2 Å². The molecule has 0 saturated carbocycles. The molecule has 0 radical (unpaired) electrons. The first-order chi connectivity index (χ1) is 20.0. The van der Waals surface area contributed by atoms with Gasteiger partial charge in [0, 0.05) is 6.42 Å². The number of nitrogens with zero attached hydrogens (tertiary/aromatic N) is 1. The van der Waals surface area contributed by atoms with E-state index in [9.17, 15) is 14.4 Å². The van der Waals surface area contributed by atoms with E-state index in [1.54, 1.807) is 42.5 Å². The summed E-state index contributed by atoms with van der Waals surface area (Å²) < 4.78 is 15.8. The van der Waals surface area contributed by atoms with Gasteiger partial charge >= 0.3 is 5.97 Å². The first-order valence-electron chi connectivity index (χ1n) is 14.6. The van der Waals surface area contributed by atoms with Crippen LogP contribution in [0.2, 0.25) is 0 Å². The lowest BCUT2D eigenvalue weighted by molar-refractivity contribution is -0.126. The minimum absolute atomic E-state index is 0.126. The topological polar surface area (TPSA) is 115 Å². The Kier molecular flexibility index (Phi) is 16.3. The van der Waals surface area contributed by atoms with Crippen molar-refractivity contribution in [2.75, 3.05) is 20.8 Å². The molecule has 2 amide bonds. The van der Waals surface area contributed by atoms with Gasteiger partial charge in [0.1, 0.15) is 5.75 Å². The summed E-state index contributed by atoms with van der Waals surface area (Å²) in [6.07, 6.45) is 15.4. The van der Waals surface area contributed by atoms with Crippen molar-refractivity contribution in [1.82, 2.24) is 10.7 Å². The van der Waals surface area contributed by atoms with Gasteiger partial charge in [-0.05, 0) is 54.4 Å². The number of amides is 2. The van der Waals surface area contributed by atoms with Crippen molar-refractivity contribution in [1.29, 1.82) is 0 Å². The van der Waals surface area contributed by atoms with Crippen molar-refractivity contribution < 1.29 is 28.6 Å². The number of hydrogen-bond acceptors (Lipinski definition) is 7. The molecule has 0 aromatic heterocycles. The molecule has 9 heteroatoms. The van der Waals surface area contributed by atoms with Gasteiger partial charge in [0.05, 0.1) is 32.5 Å². The zero-order chi connectivity index (χ0) is 29.7. The van der Waals surface area contributed by atoms with Crippen LogP contribution >= 0.6 is 0 Å². The summed E-state index contributed by atoms with van der Waals surface area (Å²) in [7, 11) is 3.01. The number of esters is 1.